The maximum Gasteiger partial charge on any atom is 0.146 e. The minimum absolute atomic E-state index is 0.303. The lowest BCUT2D eigenvalue weighted by atomic mass is 10.1. The summed E-state index contributed by atoms with van der Waals surface area (Å²) in [4.78, 5) is 4.29. The molecule has 5 heteroatoms. The van der Waals surface area contributed by atoms with Gasteiger partial charge in [0.2, 0.25) is 0 Å². The zero-order valence-corrected chi connectivity index (χ0v) is 11.3. The molecule has 102 valence electrons. The standard InChI is InChI=1S/C14H20N4O/c1-2-18-14(15-10-16-18)9-17-7-11-5-3-4-6-13(19)12(11)8-17/h7-8,10,13,19H,2-6,9H2,1H3. The molecule has 1 atom stereocenters. The maximum atomic E-state index is 10.1. The first-order valence-electron chi connectivity index (χ1n) is 7.01. The quantitative estimate of drug-likeness (QED) is 0.858. The highest BCUT2D eigenvalue weighted by Crippen LogP contribution is 2.29. The van der Waals surface area contributed by atoms with E-state index in [1.165, 1.54) is 12.0 Å². The van der Waals surface area contributed by atoms with Crippen LogP contribution in [-0.4, -0.2) is 24.4 Å². The van der Waals surface area contributed by atoms with Crippen molar-refractivity contribution >= 4 is 0 Å². The molecule has 1 unspecified atom stereocenters. The summed E-state index contributed by atoms with van der Waals surface area (Å²) < 4.78 is 4.02. The molecule has 0 saturated carbocycles. The van der Waals surface area contributed by atoms with Crippen LogP contribution in [-0.2, 0) is 19.5 Å². The van der Waals surface area contributed by atoms with Crippen molar-refractivity contribution in [2.45, 2.75) is 51.8 Å². The Bertz CT molecular complexity index is 558. The van der Waals surface area contributed by atoms with Crippen molar-refractivity contribution in [1.29, 1.82) is 0 Å². The van der Waals surface area contributed by atoms with Gasteiger partial charge in [0.25, 0.3) is 0 Å². The first kappa shape index (κ1) is 12.4. The van der Waals surface area contributed by atoms with Crippen molar-refractivity contribution in [1.82, 2.24) is 19.3 Å². The lowest BCUT2D eigenvalue weighted by Crippen LogP contribution is -2.08. The minimum Gasteiger partial charge on any atom is -0.388 e. The minimum atomic E-state index is -0.303. The fourth-order valence-electron chi connectivity index (χ4n) is 2.82. The first-order chi connectivity index (χ1) is 9.28. The van der Waals surface area contributed by atoms with Gasteiger partial charge in [-0.2, -0.15) is 5.10 Å². The van der Waals surface area contributed by atoms with Gasteiger partial charge in [-0.05, 0) is 31.7 Å². The third-order valence-electron chi connectivity index (χ3n) is 3.85. The van der Waals surface area contributed by atoms with Gasteiger partial charge in [0, 0.05) is 24.5 Å². The summed E-state index contributed by atoms with van der Waals surface area (Å²) in [5, 5.41) is 14.3. The maximum absolute atomic E-state index is 10.1. The van der Waals surface area contributed by atoms with Crippen LogP contribution in [0.2, 0.25) is 0 Å². The van der Waals surface area contributed by atoms with Crippen molar-refractivity contribution in [2.24, 2.45) is 0 Å². The van der Waals surface area contributed by atoms with Gasteiger partial charge in [0.15, 0.2) is 0 Å². The highest BCUT2D eigenvalue weighted by Gasteiger charge is 2.18. The van der Waals surface area contributed by atoms with E-state index in [2.05, 4.69) is 34.0 Å². The molecule has 0 radical (unpaired) electrons. The van der Waals surface area contributed by atoms with E-state index in [4.69, 9.17) is 0 Å². The lowest BCUT2D eigenvalue weighted by Gasteiger charge is -2.06. The van der Waals surface area contributed by atoms with E-state index in [-0.39, 0.29) is 6.10 Å². The number of hydrogen-bond acceptors (Lipinski definition) is 3. The topological polar surface area (TPSA) is 55.9 Å². The van der Waals surface area contributed by atoms with Gasteiger partial charge in [0.1, 0.15) is 12.2 Å². The normalized spacial score (nSPS) is 19.2. The fraction of sp³-hybridized carbons (Fsp3) is 0.571. The number of fused-ring (bicyclic) bond motifs is 1. The molecule has 0 aromatic carbocycles. The van der Waals surface area contributed by atoms with Gasteiger partial charge in [-0.25, -0.2) is 9.67 Å². The SMILES string of the molecule is CCn1ncnc1Cn1cc2c(c1)C(O)CCCC2. The summed E-state index contributed by atoms with van der Waals surface area (Å²) in [6.45, 7) is 3.61. The molecule has 5 nitrogen and oxygen atoms in total. The zero-order valence-electron chi connectivity index (χ0n) is 11.3. The van der Waals surface area contributed by atoms with Crippen LogP contribution in [0, 0.1) is 0 Å². The predicted molar refractivity (Wildman–Crippen MR) is 71.7 cm³/mol. The Hall–Kier alpha value is -1.62. The Morgan fingerprint density at radius 2 is 2.26 bits per heavy atom. The number of hydrogen-bond donors (Lipinski definition) is 1. The highest BCUT2D eigenvalue weighted by molar-refractivity contribution is 5.28. The Morgan fingerprint density at radius 3 is 3.11 bits per heavy atom. The van der Waals surface area contributed by atoms with Gasteiger partial charge in [0.05, 0.1) is 12.6 Å². The largest absolute Gasteiger partial charge is 0.388 e. The average Bonchev–Trinajstić information content (AvgIpc) is 2.98. The van der Waals surface area contributed by atoms with E-state index in [1.807, 2.05) is 4.68 Å². The molecule has 0 bridgehead atoms. The molecule has 2 aromatic rings. The van der Waals surface area contributed by atoms with Crippen LogP contribution >= 0.6 is 0 Å². The number of aromatic nitrogens is 4. The van der Waals surface area contributed by atoms with Crippen molar-refractivity contribution in [3.63, 3.8) is 0 Å². The zero-order chi connectivity index (χ0) is 13.2. The van der Waals surface area contributed by atoms with Crippen LogP contribution < -0.4 is 0 Å². The summed E-state index contributed by atoms with van der Waals surface area (Å²) in [7, 11) is 0. The third kappa shape index (κ3) is 2.42. The fourth-order valence-corrected chi connectivity index (χ4v) is 2.82. The summed E-state index contributed by atoms with van der Waals surface area (Å²) in [5.74, 6) is 0.960. The van der Waals surface area contributed by atoms with Crippen molar-refractivity contribution in [3.05, 3.63) is 35.7 Å². The van der Waals surface area contributed by atoms with Crippen molar-refractivity contribution < 1.29 is 5.11 Å². The van der Waals surface area contributed by atoms with Crippen molar-refractivity contribution in [2.75, 3.05) is 0 Å². The van der Waals surface area contributed by atoms with Crippen molar-refractivity contribution in [3.8, 4) is 0 Å². The Morgan fingerprint density at radius 1 is 1.37 bits per heavy atom. The Balaban J connectivity index is 1.85. The average molecular weight is 260 g/mol. The molecule has 0 saturated heterocycles. The van der Waals surface area contributed by atoms with Crippen LogP contribution in [0.3, 0.4) is 0 Å². The highest BCUT2D eigenvalue weighted by atomic mass is 16.3. The van der Waals surface area contributed by atoms with E-state index in [1.54, 1.807) is 6.33 Å². The molecule has 1 N–H and O–H groups in total. The molecule has 1 aliphatic rings. The van der Waals surface area contributed by atoms with Gasteiger partial charge < -0.3 is 9.67 Å². The second-order valence-corrected chi connectivity index (χ2v) is 5.16. The number of nitrogens with zero attached hydrogens (tertiary/aromatic N) is 4. The van der Waals surface area contributed by atoms with Crippen LogP contribution in [0.5, 0.6) is 0 Å². The van der Waals surface area contributed by atoms with Crippen LogP contribution in [0.1, 0.15) is 49.2 Å². The third-order valence-corrected chi connectivity index (χ3v) is 3.85. The monoisotopic (exact) mass is 260 g/mol. The van der Waals surface area contributed by atoms with E-state index < -0.39 is 0 Å². The van der Waals surface area contributed by atoms with Gasteiger partial charge in [-0.1, -0.05) is 6.42 Å². The first-order valence-corrected chi connectivity index (χ1v) is 7.01. The van der Waals surface area contributed by atoms with Crippen LogP contribution in [0.4, 0.5) is 0 Å². The molecule has 2 heterocycles. The van der Waals surface area contributed by atoms with Gasteiger partial charge in [-0.3, -0.25) is 0 Å². The molecule has 0 fully saturated rings. The molecule has 0 aliphatic heterocycles. The number of aryl methyl sites for hydroxylation is 2. The number of aliphatic hydroxyl groups excluding tert-OH is 1. The predicted octanol–water partition coefficient (Wildman–Crippen LogP) is 1.91. The summed E-state index contributed by atoms with van der Waals surface area (Å²) in [6, 6.07) is 0. The molecular weight excluding hydrogens is 240 g/mol. The second-order valence-electron chi connectivity index (χ2n) is 5.16. The van der Waals surface area contributed by atoms with E-state index in [9.17, 15) is 5.11 Å². The van der Waals surface area contributed by atoms with Crippen LogP contribution in [0.25, 0.3) is 0 Å². The number of rotatable bonds is 3. The summed E-state index contributed by atoms with van der Waals surface area (Å²) in [5.41, 5.74) is 2.38. The summed E-state index contributed by atoms with van der Waals surface area (Å²) in [6.07, 6.45) is 9.74. The van der Waals surface area contributed by atoms with Gasteiger partial charge >= 0.3 is 0 Å². The van der Waals surface area contributed by atoms with E-state index in [0.717, 1.165) is 37.2 Å². The molecular formula is C14H20N4O. The second kappa shape index (κ2) is 5.17. The van der Waals surface area contributed by atoms with E-state index >= 15 is 0 Å². The molecule has 3 rings (SSSR count). The lowest BCUT2D eigenvalue weighted by molar-refractivity contribution is 0.166. The Labute approximate surface area is 112 Å². The molecule has 19 heavy (non-hydrogen) atoms. The molecule has 0 amide bonds. The molecule has 0 spiro atoms. The van der Waals surface area contributed by atoms with Gasteiger partial charge in [-0.15, -0.1) is 0 Å². The molecule has 1 aliphatic carbocycles. The van der Waals surface area contributed by atoms with E-state index in [0.29, 0.717) is 6.54 Å². The molecule has 2 aromatic heterocycles. The number of aliphatic hydroxyl groups is 1. The Kier molecular flexibility index (Phi) is 3.38. The van der Waals surface area contributed by atoms with Crippen LogP contribution in [0.15, 0.2) is 18.7 Å². The summed E-state index contributed by atoms with van der Waals surface area (Å²) >= 11 is 0. The smallest absolute Gasteiger partial charge is 0.146 e.